The number of allylic oxidation sites excluding steroid dienone is 1. The van der Waals surface area contributed by atoms with Crippen LogP contribution >= 0.6 is 15.9 Å². The zero-order chi connectivity index (χ0) is 25.0. The van der Waals surface area contributed by atoms with Crippen LogP contribution in [0.15, 0.2) is 95.0 Å². The Hall–Kier alpha value is -3.69. The van der Waals surface area contributed by atoms with E-state index in [0.717, 1.165) is 4.47 Å². The summed E-state index contributed by atoms with van der Waals surface area (Å²) < 4.78 is 6.29. The number of Topliss-reactive ketones (excluding diaryl/α,β-unsaturated/α-hetero) is 1. The summed E-state index contributed by atoms with van der Waals surface area (Å²) in [4.78, 5) is 27.5. The van der Waals surface area contributed by atoms with E-state index < -0.39 is 23.2 Å². The van der Waals surface area contributed by atoms with Crippen molar-refractivity contribution in [2.45, 2.75) is 25.2 Å². The van der Waals surface area contributed by atoms with Gasteiger partial charge in [-0.25, -0.2) is 0 Å². The van der Waals surface area contributed by atoms with E-state index >= 15 is 0 Å². The fourth-order valence-corrected chi connectivity index (χ4v) is 5.18. The Bertz CT molecular complexity index is 1300. The van der Waals surface area contributed by atoms with E-state index in [0.29, 0.717) is 16.7 Å². The van der Waals surface area contributed by atoms with Crippen molar-refractivity contribution in [1.29, 1.82) is 5.26 Å². The van der Waals surface area contributed by atoms with E-state index in [1.165, 1.54) is 0 Å². The lowest BCUT2D eigenvalue weighted by molar-refractivity contribution is -0.155. The van der Waals surface area contributed by atoms with Crippen LogP contribution in [0, 0.1) is 16.7 Å². The predicted octanol–water partition coefficient (Wildman–Crippen LogP) is 6.33. The number of nitrogens with zero attached hydrogens (tertiary/aromatic N) is 1. The molecule has 0 spiro atoms. The lowest BCUT2D eigenvalue weighted by atomic mass is 9.54. The summed E-state index contributed by atoms with van der Waals surface area (Å²) in [6.07, 6.45) is -0.115. The minimum atomic E-state index is -1.78. The number of carbonyl (C=O) groups excluding carboxylic acids is 2. The molecular formula is C29H24BrNO4. The van der Waals surface area contributed by atoms with E-state index in [1.807, 2.05) is 30.3 Å². The third kappa shape index (κ3) is 4.40. The number of rotatable bonds is 5. The maximum atomic E-state index is 13.7. The van der Waals surface area contributed by atoms with Crippen LogP contribution in [0.1, 0.15) is 41.9 Å². The molecule has 3 atom stereocenters. The molecule has 0 aliphatic heterocycles. The molecule has 3 aromatic carbocycles. The number of ether oxygens (including phenoxy) is 1. The average Bonchev–Trinajstić information content (AvgIpc) is 2.89. The molecule has 35 heavy (non-hydrogen) atoms. The summed E-state index contributed by atoms with van der Waals surface area (Å²) in [5, 5.41) is 22.1. The van der Waals surface area contributed by atoms with Gasteiger partial charge in [-0.05, 0) is 30.2 Å². The van der Waals surface area contributed by atoms with Crippen LogP contribution in [0.4, 0.5) is 0 Å². The van der Waals surface area contributed by atoms with Gasteiger partial charge in [0.1, 0.15) is 5.76 Å². The normalized spacial score (nSPS) is 23.3. The first-order valence-corrected chi connectivity index (χ1v) is 12.1. The molecule has 6 heteroatoms. The Morgan fingerprint density at radius 1 is 1.03 bits per heavy atom. The Labute approximate surface area is 212 Å². The highest BCUT2D eigenvalue weighted by molar-refractivity contribution is 9.10. The number of benzene rings is 3. The van der Waals surface area contributed by atoms with Crippen molar-refractivity contribution in [3.63, 3.8) is 0 Å². The van der Waals surface area contributed by atoms with Gasteiger partial charge in [0.05, 0.1) is 12.7 Å². The van der Waals surface area contributed by atoms with Crippen molar-refractivity contribution < 1.29 is 19.4 Å². The molecule has 0 heterocycles. The lowest BCUT2D eigenvalue weighted by Gasteiger charge is -2.44. The molecule has 1 aliphatic rings. The number of halogens is 1. The number of hydrogen-bond donors (Lipinski definition) is 1. The van der Waals surface area contributed by atoms with Gasteiger partial charge >= 0.3 is 5.97 Å². The number of carbonyl (C=O) groups is 2. The van der Waals surface area contributed by atoms with Crippen molar-refractivity contribution in [3.8, 4) is 6.07 Å². The molecule has 1 fully saturated rings. The molecule has 176 valence electrons. The van der Waals surface area contributed by atoms with E-state index in [1.54, 1.807) is 61.5 Å². The van der Waals surface area contributed by atoms with Crippen LogP contribution in [0.25, 0.3) is 5.76 Å². The van der Waals surface area contributed by atoms with Crippen molar-refractivity contribution in [2.75, 3.05) is 6.61 Å². The van der Waals surface area contributed by atoms with Gasteiger partial charge in [0.25, 0.3) is 0 Å². The maximum Gasteiger partial charge on any atom is 0.328 e. The smallest absolute Gasteiger partial charge is 0.328 e. The second kappa shape index (κ2) is 10.3. The molecule has 0 aromatic heterocycles. The molecule has 0 bridgehead atoms. The molecule has 4 rings (SSSR count). The molecular weight excluding hydrogens is 506 g/mol. The van der Waals surface area contributed by atoms with Crippen LogP contribution < -0.4 is 0 Å². The molecule has 0 saturated heterocycles. The number of aliphatic hydroxyl groups is 1. The van der Waals surface area contributed by atoms with Crippen LogP contribution in [-0.4, -0.2) is 23.5 Å². The van der Waals surface area contributed by atoms with Gasteiger partial charge in [0.2, 0.25) is 0 Å². The van der Waals surface area contributed by atoms with Crippen LogP contribution in [-0.2, 0) is 14.3 Å². The Morgan fingerprint density at radius 2 is 1.63 bits per heavy atom. The van der Waals surface area contributed by atoms with Crippen LogP contribution in [0.3, 0.4) is 0 Å². The topological polar surface area (TPSA) is 87.4 Å². The standard InChI is InChI=1S/C29H24BrNO4/c1-2-35-28(34)29(18-31)23(19-9-5-3-6-10-19)17-24(32)25(27(33)21-11-7-4-8-12-21)26(29)20-13-15-22(30)16-14-20/h3-16,23,26,33H,2,17H2,1H3/b27-25-/t23-,26+,29+/m0/s1. The van der Waals surface area contributed by atoms with E-state index in [2.05, 4.69) is 22.0 Å². The second-order valence-electron chi connectivity index (χ2n) is 8.40. The van der Waals surface area contributed by atoms with Crippen molar-refractivity contribution in [1.82, 2.24) is 0 Å². The van der Waals surface area contributed by atoms with Gasteiger partial charge in [0, 0.05) is 33.9 Å². The predicted molar refractivity (Wildman–Crippen MR) is 136 cm³/mol. The van der Waals surface area contributed by atoms with Crippen LogP contribution in [0.5, 0.6) is 0 Å². The minimum absolute atomic E-state index is 0.0420. The third-order valence-corrected chi connectivity index (χ3v) is 7.02. The Balaban J connectivity index is 2.07. The van der Waals surface area contributed by atoms with Gasteiger partial charge in [-0.3, -0.25) is 9.59 Å². The first-order chi connectivity index (χ1) is 16.9. The van der Waals surface area contributed by atoms with Crippen molar-refractivity contribution in [3.05, 3.63) is 112 Å². The van der Waals surface area contributed by atoms with Crippen LogP contribution in [0.2, 0.25) is 0 Å². The van der Waals surface area contributed by atoms with E-state index in [-0.39, 0.29) is 30.1 Å². The van der Waals surface area contributed by atoms with Gasteiger partial charge in [-0.1, -0.05) is 88.7 Å². The fraction of sp³-hybridized carbons (Fsp3) is 0.207. The monoisotopic (exact) mass is 529 g/mol. The highest BCUT2D eigenvalue weighted by Gasteiger charge is 2.61. The van der Waals surface area contributed by atoms with E-state index in [4.69, 9.17) is 4.74 Å². The average molecular weight is 530 g/mol. The molecule has 1 saturated carbocycles. The quantitative estimate of drug-likeness (QED) is 0.237. The molecule has 5 nitrogen and oxygen atoms in total. The van der Waals surface area contributed by atoms with E-state index in [9.17, 15) is 20.0 Å². The summed E-state index contributed by atoms with van der Waals surface area (Å²) in [6.45, 7) is 1.76. The lowest BCUT2D eigenvalue weighted by Crippen LogP contribution is -2.49. The number of hydrogen-bond acceptors (Lipinski definition) is 5. The number of esters is 1. The third-order valence-electron chi connectivity index (χ3n) is 6.49. The number of ketones is 1. The number of nitriles is 1. The molecule has 0 amide bonds. The molecule has 1 N–H and O–H groups in total. The maximum absolute atomic E-state index is 13.7. The highest BCUT2D eigenvalue weighted by atomic mass is 79.9. The van der Waals surface area contributed by atoms with Gasteiger partial charge < -0.3 is 9.84 Å². The Kier molecular flexibility index (Phi) is 7.18. The summed E-state index contributed by atoms with van der Waals surface area (Å²) in [5.74, 6) is -3.08. The second-order valence-corrected chi connectivity index (χ2v) is 9.32. The minimum Gasteiger partial charge on any atom is -0.507 e. The molecule has 3 aromatic rings. The largest absolute Gasteiger partial charge is 0.507 e. The SMILES string of the molecule is CCOC(=O)[C@]1(C#N)[C@H](c2ccccc2)CC(=O)/C(=C(/O)c2ccccc2)[C@H]1c1ccc(Br)cc1. The van der Waals surface area contributed by atoms with Gasteiger partial charge in [0.15, 0.2) is 11.2 Å². The summed E-state index contributed by atoms with van der Waals surface area (Å²) >= 11 is 3.43. The summed E-state index contributed by atoms with van der Waals surface area (Å²) in [5.41, 5.74) is -0.0470. The molecule has 0 radical (unpaired) electrons. The molecule has 0 unspecified atom stereocenters. The van der Waals surface area contributed by atoms with Crippen molar-refractivity contribution in [2.24, 2.45) is 5.41 Å². The highest BCUT2D eigenvalue weighted by Crippen LogP contribution is 2.57. The van der Waals surface area contributed by atoms with Gasteiger partial charge in [-0.15, -0.1) is 0 Å². The van der Waals surface area contributed by atoms with Gasteiger partial charge in [-0.2, -0.15) is 5.26 Å². The zero-order valence-corrected chi connectivity index (χ0v) is 20.7. The first-order valence-electron chi connectivity index (χ1n) is 11.3. The zero-order valence-electron chi connectivity index (χ0n) is 19.1. The first kappa shape index (κ1) is 24.4. The fourth-order valence-electron chi connectivity index (χ4n) is 4.92. The Morgan fingerprint density at radius 3 is 2.20 bits per heavy atom. The summed E-state index contributed by atoms with van der Waals surface area (Å²) in [6, 6.07) is 27.2. The summed E-state index contributed by atoms with van der Waals surface area (Å²) in [7, 11) is 0. The molecule has 1 aliphatic carbocycles. The van der Waals surface area contributed by atoms with Crippen molar-refractivity contribution >= 4 is 33.4 Å². The number of aliphatic hydroxyl groups excluding tert-OH is 1.